The molecule has 16 heavy (non-hydrogen) atoms. The van der Waals surface area contributed by atoms with E-state index in [1.807, 2.05) is 0 Å². The largest absolute Gasteiger partial charge is 0.377 e. The van der Waals surface area contributed by atoms with E-state index in [4.69, 9.17) is 16.3 Å². The average Bonchev–Trinajstić information content (AvgIpc) is 2.26. The van der Waals surface area contributed by atoms with E-state index in [0.717, 1.165) is 12.8 Å². The molecule has 0 atom stereocenters. The molecule has 1 aliphatic carbocycles. The Hall–Kier alpha value is 0.160. The van der Waals surface area contributed by atoms with Crippen molar-refractivity contribution in [2.45, 2.75) is 38.2 Å². The highest BCUT2D eigenvalue weighted by Crippen LogP contribution is 2.19. The minimum Gasteiger partial charge on any atom is -0.377 e. The molecule has 0 unspecified atom stereocenters. The number of alkyl halides is 1. The predicted octanol–water partition coefficient (Wildman–Crippen LogP) is 1.49. The van der Waals surface area contributed by atoms with Crippen LogP contribution in [-0.2, 0) is 14.8 Å². The Balaban J connectivity index is 2.06. The molecule has 0 amide bonds. The minimum absolute atomic E-state index is 0.0298. The number of rotatable bonds is 7. The summed E-state index contributed by atoms with van der Waals surface area (Å²) in [7, 11) is -3.20. The van der Waals surface area contributed by atoms with Crippen LogP contribution in [-0.4, -0.2) is 39.3 Å². The first-order chi connectivity index (χ1) is 7.64. The second-order valence-corrected chi connectivity index (χ2v) is 6.34. The summed E-state index contributed by atoms with van der Waals surface area (Å²) in [6.45, 7) is 0.794. The summed E-state index contributed by atoms with van der Waals surface area (Å²) in [5.74, 6) is 0.0940. The van der Waals surface area contributed by atoms with Crippen LogP contribution in [0.5, 0.6) is 0 Å². The van der Waals surface area contributed by atoms with Crippen LogP contribution in [0.15, 0.2) is 0 Å². The fourth-order valence-electron chi connectivity index (χ4n) is 1.83. The van der Waals surface area contributed by atoms with Crippen LogP contribution in [0, 0.1) is 0 Å². The van der Waals surface area contributed by atoms with Gasteiger partial charge in [0.15, 0.2) is 0 Å². The molecule has 0 radical (unpaired) electrons. The molecule has 0 aliphatic heterocycles. The van der Waals surface area contributed by atoms with E-state index in [2.05, 4.69) is 4.72 Å². The first-order valence-corrected chi connectivity index (χ1v) is 7.97. The Morgan fingerprint density at radius 3 is 2.56 bits per heavy atom. The highest BCUT2D eigenvalue weighted by molar-refractivity contribution is 7.89. The maximum absolute atomic E-state index is 11.2. The van der Waals surface area contributed by atoms with Gasteiger partial charge in [-0.05, 0) is 12.8 Å². The van der Waals surface area contributed by atoms with E-state index in [0.29, 0.717) is 19.3 Å². The summed E-state index contributed by atoms with van der Waals surface area (Å²) in [5, 5.41) is 0. The monoisotopic (exact) mass is 269 g/mol. The van der Waals surface area contributed by atoms with Gasteiger partial charge in [0, 0.05) is 12.4 Å². The summed E-state index contributed by atoms with van der Waals surface area (Å²) < 4.78 is 30.5. The molecule has 1 rings (SSSR count). The second-order valence-electron chi connectivity index (χ2n) is 4.03. The number of ether oxygens (including phenoxy) is 1. The summed E-state index contributed by atoms with van der Waals surface area (Å²) in [5.41, 5.74) is 0. The molecule has 0 aromatic carbocycles. The molecule has 4 nitrogen and oxygen atoms in total. The second kappa shape index (κ2) is 7.48. The summed E-state index contributed by atoms with van der Waals surface area (Å²) >= 11 is 5.37. The fraction of sp³-hybridized carbons (Fsp3) is 1.00. The molecule has 1 saturated carbocycles. The van der Waals surface area contributed by atoms with Crippen LogP contribution >= 0.6 is 11.6 Å². The Morgan fingerprint density at radius 1 is 1.25 bits per heavy atom. The zero-order valence-corrected chi connectivity index (χ0v) is 11.0. The van der Waals surface area contributed by atoms with Crippen molar-refractivity contribution in [1.82, 2.24) is 4.72 Å². The first-order valence-electron chi connectivity index (χ1n) is 5.79. The lowest BCUT2D eigenvalue weighted by molar-refractivity contribution is 0.0321. The van der Waals surface area contributed by atoms with Gasteiger partial charge in [-0.2, -0.15) is 0 Å². The van der Waals surface area contributed by atoms with Crippen LogP contribution in [0.4, 0.5) is 0 Å². The van der Waals surface area contributed by atoms with E-state index < -0.39 is 10.0 Å². The van der Waals surface area contributed by atoms with E-state index in [9.17, 15) is 8.42 Å². The van der Waals surface area contributed by atoms with Gasteiger partial charge < -0.3 is 4.74 Å². The molecule has 96 valence electrons. The van der Waals surface area contributed by atoms with Gasteiger partial charge in [0.05, 0.1) is 18.5 Å². The van der Waals surface area contributed by atoms with E-state index in [-0.39, 0.29) is 11.6 Å². The molecule has 0 aromatic heterocycles. The van der Waals surface area contributed by atoms with Gasteiger partial charge in [0.2, 0.25) is 10.0 Å². The number of nitrogens with one attached hydrogen (secondary N) is 1. The maximum atomic E-state index is 11.2. The summed E-state index contributed by atoms with van der Waals surface area (Å²) in [4.78, 5) is 0. The molecule has 0 bridgehead atoms. The summed E-state index contributed by atoms with van der Waals surface area (Å²) in [6.07, 6.45) is 6.28. The standard InChI is InChI=1S/C10H20ClNO3S/c11-6-9-16(13,14)12-7-8-15-10-4-2-1-3-5-10/h10,12H,1-9H2. The Kier molecular flexibility index (Phi) is 6.65. The van der Waals surface area contributed by atoms with E-state index >= 15 is 0 Å². The summed E-state index contributed by atoms with van der Waals surface area (Å²) in [6, 6.07) is 0. The fourth-order valence-corrected chi connectivity index (χ4v) is 3.18. The van der Waals surface area contributed by atoms with Gasteiger partial charge in [0.25, 0.3) is 0 Å². The number of sulfonamides is 1. The Bertz CT molecular complexity index is 276. The molecule has 6 heteroatoms. The molecule has 1 N–H and O–H groups in total. The minimum atomic E-state index is -3.20. The third-order valence-electron chi connectivity index (χ3n) is 2.68. The van der Waals surface area contributed by atoms with Crippen molar-refractivity contribution < 1.29 is 13.2 Å². The normalized spacial score (nSPS) is 18.8. The molecular weight excluding hydrogens is 250 g/mol. The lowest BCUT2D eigenvalue weighted by Gasteiger charge is -2.21. The van der Waals surface area contributed by atoms with Gasteiger partial charge in [-0.3, -0.25) is 0 Å². The number of halogens is 1. The van der Waals surface area contributed by atoms with Crippen LogP contribution in [0.2, 0.25) is 0 Å². The van der Waals surface area contributed by atoms with Crippen molar-refractivity contribution >= 4 is 21.6 Å². The van der Waals surface area contributed by atoms with Crippen molar-refractivity contribution in [2.75, 3.05) is 24.8 Å². The highest BCUT2D eigenvalue weighted by Gasteiger charge is 2.14. The van der Waals surface area contributed by atoms with Gasteiger partial charge in [0.1, 0.15) is 0 Å². The zero-order chi connectivity index (χ0) is 11.9. The van der Waals surface area contributed by atoms with Crippen molar-refractivity contribution in [3.8, 4) is 0 Å². The quantitative estimate of drug-likeness (QED) is 0.563. The van der Waals surface area contributed by atoms with Crippen molar-refractivity contribution in [2.24, 2.45) is 0 Å². The molecule has 0 aromatic rings. The van der Waals surface area contributed by atoms with Crippen LogP contribution in [0.3, 0.4) is 0 Å². The SMILES string of the molecule is O=S(=O)(CCCl)NCCOC1CCCCC1. The van der Waals surface area contributed by atoms with Gasteiger partial charge in [-0.15, -0.1) is 11.6 Å². The van der Waals surface area contributed by atoms with Crippen molar-refractivity contribution in [3.05, 3.63) is 0 Å². The van der Waals surface area contributed by atoms with Crippen LogP contribution in [0.25, 0.3) is 0 Å². The molecule has 1 aliphatic rings. The van der Waals surface area contributed by atoms with Gasteiger partial charge >= 0.3 is 0 Å². The predicted molar refractivity (Wildman–Crippen MR) is 65.3 cm³/mol. The van der Waals surface area contributed by atoms with Crippen LogP contribution in [0.1, 0.15) is 32.1 Å². The highest BCUT2D eigenvalue weighted by atomic mass is 35.5. The van der Waals surface area contributed by atoms with E-state index in [1.165, 1.54) is 19.3 Å². The molecular formula is C10H20ClNO3S. The molecule has 0 heterocycles. The number of hydrogen-bond donors (Lipinski definition) is 1. The van der Waals surface area contributed by atoms with Crippen molar-refractivity contribution in [3.63, 3.8) is 0 Å². The molecule has 0 spiro atoms. The topological polar surface area (TPSA) is 55.4 Å². The van der Waals surface area contributed by atoms with Crippen molar-refractivity contribution in [1.29, 1.82) is 0 Å². The molecule has 1 fully saturated rings. The van der Waals surface area contributed by atoms with Crippen LogP contribution < -0.4 is 4.72 Å². The van der Waals surface area contributed by atoms with Gasteiger partial charge in [-0.1, -0.05) is 19.3 Å². The van der Waals surface area contributed by atoms with E-state index in [1.54, 1.807) is 0 Å². The molecule has 0 saturated heterocycles. The average molecular weight is 270 g/mol. The third kappa shape index (κ3) is 6.03. The Labute approximate surface area is 103 Å². The smallest absolute Gasteiger partial charge is 0.212 e. The zero-order valence-electron chi connectivity index (χ0n) is 9.45. The first kappa shape index (κ1) is 14.2. The Morgan fingerprint density at radius 2 is 1.94 bits per heavy atom. The van der Waals surface area contributed by atoms with Gasteiger partial charge in [-0.25, -0.2) is 13.1 Å². The lowest BCUT2D eigenvalue weighted by atomic mass is 9.98. The maximum Gasteiger partial charge on any atom is 0.212 e. The third-order valence-corrected chi connectivity index (χ3v) is 4.47. The number of hydrogen-bond acceptors (Lipinski definition) is 3. The lowest BCUT2D eigenvalue weighted by Crippen LogP contribution is -2.31.